The van der Waals surface area contributed by atoms with E-state index in [1.54, 1.807) is 4.68 Å². The summed E-state index contributed by atoms with van der Waals surface area (Å²) >= 11 is 0. The van der Waals surface area contributed by atoms with Crippen LogP contribution in [0.25, 0.3) is 16.7 Å². The van der Waals surface area contributed by atoms with Crippen molar-refractivity contribution in [3.63, 3.8) is 0 Å². The van der Waals surface area contributed by atoms with Crippen molar-refractivity contribution >= 4 is 28.4 Å². The first-order valence-corrected chi connectivity index (χ1v) is 9.61. The van der Waals surface area contributed by atoms with Crippen LogP contribution in [0.4, 0.5) is 11.5 Å². The molecule has 5 rings (SSSR count). The predicted molar refractivity (Wildman–Crippen MR) is 111 cm³/mol. The van der Waals surface area contributed by atoms with Crippen LogP contribution in [0.1, 0.15) is 23.4 Å². The summed E-state index contributed by atoms with van der Waals surface area (Å²) in [5.74, 6) is 0.388. The topological polar surface area (TPSA) is 104 Å². The molecule has 0 saturated heterocycles. The van der Waals surface area contributed by atoms with Gasteiger partial charge >= 0.3 is 0 Å². The van der Waals surface area contributed by atoms with Crippen LogP contribution in [0, 0.1) is 0 Å². The van der Waals surface area contributed by atoms with E-state index in [0.29, 0.717) is 5.82 Å². The van der Waals surface area contributed by atoms with E-state index < -0.39 is 0 Å². The molecule has 8 nitrogen and oxygen atoms in total. The lowest BCUT2D eigenvalue weighted by Crippen LogP contribution is -2.15. The van der Waals surface area contributed by atoms with Gasteiger partial charge in [0.05, 0.1) is 17.6 Å². The summed E-state index contributed by atoms with van der Waals surface area (Å²) in [5.41, 5.74) is 13.0. The standard InChI is InChI=1S/C21H21N7O/c1-27-10-9-14(26-27)11-18(29)25-13-5-7-15(8-6-13)28-17-4-2-3-16(17)19-20(28)21(22)24-12-23-19/h5-10,12H,2-4,11H2,1H3,(H,25,29)(H2,22,23,24). The number of hydrogen-bond donors (Lipinski definition) is 2. The van der Waals surface area contributed by atoms with Gasteiger partial charge in [0, 0.05) is 30.3 Å². The number of benzene rings is 1. The van der Waals surface area contributed by atoms with Gasteiger partial charge in [0.15, 0.2) is 5.82 Å². The summed E-state index contributed by atoms with van der Waals surface area (Å²) in [7, 11) is 1.83. The Bertz CT molecular complexity index is 1220. The summed E-state index contributed by atoms with van der Waals surface area (Å²) in [4.78, 5) is 20.9. The first-order valence-electron chi connectivity index (χ1n) is 9.61. The van der Waals surface area contributed by atoms with Gasteiger partial charge in [-0.15, -0.1) is 0 Å². The molecule has 4 aromatic rings. The number of carbonyl (C=O) groups excluding carboxylic acids is 1. The number of amides is 1. The van der Waals surface area contributed by atoms with E-state index in [0.717, 1.165) is 47.4 Å². The fourth-order valence-corrected chi connectivity index (χ4v) is 4.10. The molecule has 0 bridgehead atoms. The number of aromatic nitrogens is 5. The Balaban J connectivity index is 1.43. The molecule has 0 atom stereocenters. The Morgan fingerprint density at radius 1 is 1.17 bits per heavy atom. The zero-order chi connectivity index (χ0) is 20.0. The van der Waals surface area contributed by atoms with Crippen LogP contribution in [0.5, 0.6) is 0 Å². The lowest BCUT2D eigenvalue weighted by atomic mass is 10.2. The van der Waals surface area contributed by atoms with Crippen molar-refractivity contribution in [2.24, 2.45) is 7.05 Å². The molecule has 3 heterocycles. The summed E-state index contributed by atoms with van der Waals surface area (Å²) in [6.07, 6.45) is 6.72. The van der Waals surface area contributed by atoms with Crippen molar-refractivity contribution in [1.82, 2.24) is 24.3 Å². The maximum absolute atomic E-state index is 12.3. The van der Waals surface area contributed by atoms with Crippen molar-refractivity contribution < 1.29 is 4.79 Å². The molecule has 0 unspecified atom stereocenters. The van der Waals surface area contributed by atoms with E-state index in [1.165, 1.54) is 17.6 Å². The van der Waals surface area contributed by atoms with E-state index in [1.807, 2.05) is 43.6 Å². The van der Waals surface area contributed by atoms with E-state index in [-0.39, 0.29) is 12.3 Å². The Morgan fingerprint density at radius 3 is 2.76 bits per heavy atom. The van der Waals surface area contributed by atoms with Crippen molar-refractivity contribution in [3.8, 4) is 5.69 Å². The van der Waals surface area contributed by atoms with Gasteiger partial charge in [-0.3, -0.25) is 9.48 Å². The largest absolute Gasteiger partial charge is 0.382 e. The van der Waals surface area contributed by atoms with Crippen LogP contribution in [-0.2, 0) is 31.1 Å². The molecule has 1 aliphatic rings. The molecule has 1 amide bonds. The van der Waals surface area contributed by atoms with E-state index in [4.69, 9.17) is 5.73 Å². The zero-order valence-electron chi connectivity index (χ0n) is 16.1. The van der Waals surface area contributed by atoms with Crippen molar-refractivity contribution in [1.29, 1.82) is 0 Å². The molecule has 8 heteroatoms. The molecule has 1 aromatic carbocycles. The summed E-state index contributed by atoms with van der Waals surface area (Å²) in [6.45, 7) is 0. The average Bonchev–Trinajstić information content (AvgIpc) is 3.39. The summed E-state index contributed by atoms with van der Waals surface area (Å²) in [6, 6.07) is 9.62. The molecule has 0 saturated carbocycles. The third kappa shape index (κ3) is 3.02. The first kappa shape index (κ1) is 17.4. The number of nitrogens with two attached hydrogens (primary N) is 1. The highest BCUT2D eigenvalue weighted by Crippen LogP contribution is 2.36. The second-order valence-electron chi connectivity index (χ2n) is 7.32. The molecule has 0 aliphatic heterocycles. The highest BCUT2D eigenvalue weighted by atomic mass is 16.1. The lowest BCUT2D eigenvalue weighted by molar-refractivity contribution is -0.115. The Hall–Kier alpha value is -3.68. The van der Waals surface area contributed by atoms with Gasteiger partial charge in [-0.25, -0.2) is 9.97 Å². The minimum Gasteiger partial charge on any atom is -0.382 e. The van der Waals surface area contributed by atoms with Gasteiger partial charge < -0.3 is 15.6 Å². The van der Waals surface area contributed by atoms with E-state index in [2.05, 4.69) is 25.0 Å². The van der Waals surface area contributed by atoms with Gasteiger partial charge in [0.1, 0.15) is 11.8 Å². The third-order valence-electron chi connectivity index (χ3n) is 5.34. The summed E-state index contributed by atoms with van der Waals surface area (Å²) in [5, 5.41) is 7.17. The monoisotopic (exact) mass is 387 g/mol. The number of nitrogen functional groups attached to an aromatic ring is 1. The third-order valence-corrected chi connectivity index (χ3v) is 5.34. The number of rotatable bonds is 4. The van der Waals surface area contributed by atoms with Gasteiger partial charge in [-0.05, 0) is 55.2 Å². The number of fused-ring (bicyclic) bond motifs is 3. The second kappa shape index (κ2) is 6.73. The predicted octanol–water partition coefficient (Wildman–Crippen LogP) is 2.41. The Kier molecular flexibility index (Phi) is 4.04. The molecular formula is C21H21N7O. The maximum atomic E-state index is 12.3. The minimum atomic E-state index is -0.0959. The van der Waals surface area contributed by atoms with Crippen LogP contribution in [0.2, 0.25) is 0 Å². The molecule has 3 N–H and O–H groups in total. The van der Waals surface area contributed by atoms with Crippen LogP contribution in [0.15, 0.2) is 42.9 Å². The number of aryl methyl sites for hydroxylation is 2. The molecule has 146 valence electrons. The van der Waals surface area contributed by atoms with E-state index >= 15 is 0 Å². The quantitative estimate of drug-likeness (QED) is 0.560. The molecule has 0 spiro atoms. The zero-order valence-corrected chi connectivity index (χ0v) is 16.1. The highest BCUT2D eigenvalue weighted by molar-refractivity contribution is 5.93. The lowest BCUT2D eigenvalue weighted by Gasteiger charge is -2.12. The molecule has 29 heavy (non-hydrogen) atoms. The number of carbonyl (C=O) groups is 1. The van der Waals surface area contributed by atoms with Crippen LogP contribution in [0.3, 0.4) is 0 Å². The van der Waals surface area contributed by atoms with Crippen molar-refractivity contribution in [2.75, 3.05) is 11.1 Å². The smallest absolute Gasteiger partial charge is 0.230 e. The van der Waals surface area contributed by atoms with E-state index in [9.17, 15) is 4.79 Å². The minimum absolute atomic E-state index is 0.0959. The van der Waals surface area contributed by atoms with Crippen LogP contribution < -0.4 is 11.1 Å². The second-order valence-corrected chi connectivity index (χ2v) is 7.32. The number of nitrogens with one attached hydrogen (secondary N) is 1. The van der Waals surface area contributed by atoms with Crippen molar-refractivity contribution in [3.05, 3.63) is 59.8 Å². The van der Waals surface area contributed by atoms with Gasteiger partial charge in [0.2, 0.25) is 5.91 Å². The summed E-state index contributed by atoms with van der Waals surface area (Å²) < 4.78 is 3.85. The van der Waals surface area contributed by atoms with Gasteiger partial charge in [-0.1, -0.05) is 0 Å². The van der Waals surface area contributed by atoms with Gasteiger partial charge in [0.25, 0.3) is 0 Å². The number of nitrogens with zero attached hydrogens (tertiary/aromatic N) is 5. The fourth-order valence-electron chi connectivity index (χ4n) is 4.10. The van der Waals surface area contributed by atoms with Crippen molar-refractivity contribution in [2.45, 2.75) is 25.7 Å². The highest BCUT2D eigenvalue weighted by Gasteiger charge is 2.25. The Morgan fingerprint density at radius 2 is 2.00 bits per heavy atom. The molecule has 1 aliphatic carbocycles. The molecular weight excluding hydrogens is 366 g/mol. The van der Waals surface area contributed by atoms with Crippen LogP contribution >= 0.6 is 0 Å². The molecule has 0 fully saturated rings. The number of anilines is 2. The average molecular weight is 387 g/mol. The first-order chi connectivity index (χ1) is 14.1. The number of hydrogen-bond acceptors (Lipinski definition) is 5. The molecule has 0 radical (unpaired) electrons. The normalized spacial score (nSPS) is 13.0. The SMILES string of the molecule is Cn1ccc(CC(=O)Nc2ccc(-n3c4c(c5ncnc(N)c53)CCC4)cc2)n1. The fraction of sp³-hybridized carbons (Fsp3) is 0.238. The Labute approximate surface area is 167 Å². The van der Waals surface area contributed by atoms with Crippen LogP contribution in [-0.4, -0.2) is 30.2 Å². The molecule has 3 aromatic heterocycles. The maximum Gasteiger partial charge on any atom is 0.230 e. The van der Waals surface area contributed by atoms with Gasteiger partial charge in [-0.2, -0.15) is 5.10 Å².